The summed E-state index contributed by atoms with van der Waals surface area (Å²) in [5.41, 5.74) is 2.95. The predicted octanol–water partition coefficient (Wildman–Crippen LogP) is 5.44. The number of ether oxygens (including phenoxy) is 1. The second-order valence-corrected chi connectivity index (χ2v) is 10.5. The SMILES string of the molecule is CCOC(=O)C(C)=C[C@H]1CC[C@H]2[C@@H]3CC=C4C[C@@H](O)CC[C@]4(C)[C@H]3CC[C@]12C. The molecule has 0 bridgehead atoms. The molecule has 0 aromatic carbocycles. The van der Waals surface area contributed by atoms with Gasteiger partial charge >= 0.3 is 5.97 Å². The quantitative estimate of drug-likeness (QED) is 0.399. The summed E-state index contributed by atoms with van der Waals surface area (Å²) in [6, 6.07) is 0. The lowest BCUT2D eigenvalue weighted by molar-refractivity contribution is -0.138. The van der Waals surface area contributed by atoms with Gasteiger partial charge in [-0.3, -0.25) is 0 Å². The Kier molecular flexibility index (Phi) is 5.27. The maximum Gasteiger partial charge on any atom is 0.333 e. The lowest BCUT2D eigenvalue weighted by atomic mass is 9.47. The molecule has 0 unspecified atom stereocenters. The fourth-order valence-corrected chi connectivity index (χ4v) is 7.57. The normalized spacial score (nSPS) is 45.5. The first-order valence-corrected chi connectivity index (χ1v) is 11.5. The molecule has 0 radical (unpaired) electrons. The summed E-state index contributed by atoms with van der Waals surface area (Å²) in [4.78, 5) is 12.1. The van der Waals surface area contributed by atoms with Gasteiger partial charge in [0.1, 0.15) is 0 Å². The van der Waals surface area contributed by atoms with Gasteiger partial charge in [0.25, 0.3) is 0 Å². The zero-order valence-corrected chi connectivity index (χ0v) is 18.2. The molecule has 156 valence electrons. The van der Waals surface area contributed by atoms with E-state index in [1.165, 1.54) is 32.1 Å². The lowest BCUT2D eigenvalue weighted by Gasteiger charge is -2.58. The van der Waals surface area contributed by atoms with Crippen molar-refractivity contribution in [1.82, 2.24) is 0 Å². The van der Waals surface area contributed by atoms with Crippen LogP contribution in [0.4, 0.5) is 0 Å². The standard InChI is InChI=1S/C25H38O3/c1-5-28-23(27)16(2)14-17-7-9-21-20-8-6-18-15-19(26)10-12-24(18,3)22(20)11-13-25(17,21)4/h6,14,17,19-22,26H,5,7-13,15H2,1-4H3/t17-,19+,20+,21+,22+,24+,25-/m1/s1. The molecule has 0 heterocycles. The van der Waals surface area contributed by atoms with Crippen molar-refractivity contribution in [3.05, 3.63) is 23.3 Å². The second kappa shape index (κ2) is 7.31. The van der Waals surface area contributed by atoms with Crippen LogP contribution in [0.2, 0.25) is 0 Å². The Labute approximate surface area is 170 Å². The summed E-state index contributed by atoms with van der Waals surface area (Å²) in [6.45, 7) is 9.22. The average molecular weight is 387 g/mol. The molecule has 4 aliphatic rings. The van der Waals surface area contributed by atoms with Crippen LogP contribution in [0.15, 0.2) is 23.3 Å². The van der Waals surface area contributed by atoms with E-state index in [4.69, 9.17) is 4.74 Å². The van der Waals surface area contributed by atoms with Crippen LogP contribution in [0.5, 0.6) is 0 Å². The van der Waals surface area contributed by atoms with Gasteiger partial charge < -0.3 is 9.84 Å². The van der Waals surface area contributed by atoms with Crippen molar-refractivity contribution in [2.24, 2.45) is 34.5 Å². The van der Waals surface area contributed by atoms with Crippen molar-refractivity contribution in [2.45, 2.75) is 85.2 Å². The molecule has 0 aromatic rings. The van der Waals surface area contributed by atoms with Gasteiger partial charge in [-0.2, -0.15) is 0 Å². The summed E-state index contributed by atoms with van der Waals surface area (Å²) in [5, 5.41) is 10.2. The van der Waals surface area contributed by atoms with Gasteiger partial charge in [0.15, 0.2) is 0 Å². The lowest BCUT2D eigenvalue weighted by Crippen LogP contribution is -2.50. The minimum atomic E-state index is -0.151. The highest BCUT2D eigenvalue weighted by molar-refractivity contribution is 5.87. The maximum atomic E-state index is 12.1. The fourth-order valence-electron chi connectivity index (χ4n) is 7.57. The summed E-state index contributed by atoms with van der Waals surface area (Å²) in [6.07, 6.45) is 13.9. The summed E-state index contributed by atoms with van der Waals surface area (Å²) in [5.74, 6) is 2.64. The van der Waals surface area contributed by atoms with Crippen LogP contribution >= 0.6 is 0 Å². The number of rotatable bonds is 3. The topological polar surface area (TPSA) is 46.5 Å². The Morgan fingerprint density at radius 2 is 2.00 bits per heavy atom. The second-order valence-electron chi connectivity index (χ2n) is 10.5. The van der Waals surface area contributed by atoms with Crippen LogP contribution in [0.3, 0.4) is 0 Å². The molecule has 0 saturated heterocycles. The third kappa shape index (κ3) is 3.09. The Morgan fingerprint density at radius 3 is 2.75 bits per heavy atom. The highest BCUT2D eigenvalue weighted by Crippen LogP contribution is 2.66. The van der Waals surface area contributed by atoms with Crippen LogP contribution in [-0.4, -0.2) is 23.8 Å². The van der Waals surface area contributed by atoms with Crippen molar-refractivity contribution in [3.63, 3.8) is 0 Å². The van der Waals surface area contributed by atoms with Crippen molar-refractivity contribution in [2.75, 3.05) is 6.61 Å². The summed E-state index contributed by atoms with van der Waals surface area (Å²) < 4.78 is 5.21. The van der Waals surface area contributed by atoms with E-state index in [1.807, 2.05) is 13.8 Å². The van der Waals surface area contributed by atoms with E-state index in [9.17, 15) is 9.90 Å². The van der Waals surface area contributed by atoms with Gasteiger partial charge in [0.2, 0.25) is 0 Å². The smallest absolute Gasteiger partial charge is 0.333 e. The fraction of sp³-hybridized carbons (Fsp3) is 0.800. The molecule has 4 aliphatic carbocycles. The number of hydrogen-bond donors (Lipinski definition) is 1. The molecule has 7 atom stereocenters. The first kappa shape index (κ1) is 20.2. The van der Waals surface area contributed by atoms with Crippen LogP contribution in [-0.2, 0) is 9.53 Å². The van der Waals surface area contributed by atoms with Gasteiger partial charge in [0, 0.05) is 5.57 Å². The van der Waals surface area contributed by atoms with E-state index in [0.717, 1.165) is 42.6 Å². The average Bonchev–Trinajstić information content (AvgIpc) is 2.99. The zero-order chi connectivity index (χ0) is 20.1. The van der Waals surface area contributed by atoms with Crippen LogP contribution in [0.25, 0.3) is 0 Å². The largest absolute Gasteiger partial charge is 0.463 e. The molecule has 4 rings (SSSR count). The summed E-state index contributed by atoms with van der Waals surface area (Å²) in [7, 11) is 0. The Balaban J connectivity index is 1.57. The number of esters is 1. The minimum Gasteiger partial charge on any atom is -0.463 e. The highest BCUT2D eigenvalue weighted by atomic mass is 16.5. The Bertz CT molecular complexity index is 692. The first-order chi connectivity index (χ1) is 13.3. The molecule has 0 aromatic heterocycles. The molecular formula is C25H38O3. The van der Waals surface area contributed by atoms with Crippen molar-refractivity contribution >= 4 is 5.97 Å². The van der Waals surface area contributed by atoms with Gasteiger partial charge in [-0.15, -0.1) is 0 Å². The number of aliphatic hydroxyl groups excluding tert-OH is 1. The maximum absolute atomic E-state index is 12.1. The van der Waals surface area contributed by atoms with Gasteiger partial charge in [-0.1, -0.05) is 31.6 Å². The third-order valence-corrected chi connectivity index (χ3v) is 9.20. The predicted molar refractivity (Wildman–Crippen MR) is 112 cm³/mol. The molecule has 0 aliphatic heterocycles. The molecule has 1 N–H and O–H groups in total. The Morgan fingerprint density at radius 1 is 1.21 bits per heavy atom. The van der Waals surface area contributed by atoms with Crippen molar-refractivity contribution < 1.29 is 14.6 Å². The molecule has 3 nitrogen and oxygen atoms in total. The number of carbonyl (C=O) groups is 1. The van der Waals surface area contributed by atoms with E-state index in [2.05, 4.69) is 26.0 Å². The number of aliphatic hydroxyl groups is 1. The van der Waals surface area contributed by atoms with E-state index in [-0.39, 0.29) is 12.1 Å². The Hall–Kier alpha value is -1.09. The monoisotopic (exact) mass is 386 g/mol. The molecule has 28 heavy (non-hydrogen) atoms. The molecule has 3 fully saturated rings. The van der Waals surface area contributed by atoms with Gasteiger partial charge in [0.05, 0.1) is 12.7 Å². The first-order valence-electron chi connectivity index (χ1n) is 11.5. The van der Waals surface area contributed by atoms with Crippen LogP contribution in [0.1, 0.15) is 79.1 Å². The van der Waals surface area contributed by atoms with E-state index in [0.29, 0.717) is 23.4 Å². The van der Waals surface area contributed by atoms with E-state index < -0.39 is 0 Å². The molecular weight excluding hydrogens is 348 g/mol. The molecule has 0 amide bonds. The van der Waals surface area contributed by atoms with Gasteiger partial charge in [-0.25, -0.2) is 4.79 Å². The highest BCUT2D eigenvalue weighted by Gasteiger charge is 2.58. The van der Waals surface area contributed by atoms with Crippen molar-refractivity contribution in [3.8, 4) is 0 Å². The van der Waals surface area contributed by atoms with E-state index >= 15 is 0 Å². The third-order valence-electron chi connectivity index (χ3n) is 9.20. The molecule has 0 spiro atoms. The molecule has 3 saturated carbocycles. The zero-order valence-electron chi connectivity index (χ0n) is 18.2. The van der Waals surface area contributed by atoms with Crippen molar-refractivity contribution in [1.29, 1.82) is 0 Å². The van der Waals surface area contributed by atoms with E-state index in [1.54, 1.807) is 5.57 Å². The number of hydrogen-bond acceptors (Lipinski definition) is 3. The number of fused-ring (bicyclic) bond motifs is 5. The van der Waals surface area contributed by atoms with Gasteiger partial charge in [-0.05, 0) is 99.7 Å². The number of carbonyl (C=O) groups excluding carboxylic acids is 1. The van der Waals surface area contributed by atoms with Crippen LogP contribution in [0, 0.1) is 34.5 Å². The summed E-state index contributed by atoms with van der Waals surface area (Å²) >= 11 is 0. The van der Waals surface area contributed by atoms with Crippen LogP contribution < -0.4 is 0 Å². The number of allylic oxidation sites excluding steroid dienone is 2. The minimum absolute atomic E-state index is 0.128. The molecule has 3 heteroatoms.